The Kier molecular flexibility index (Phi) is 5.46. The van der Waals surface area contributed by atoms with Crippen LogP contribution in [0.1, 0.15) is 24.0 Å². The van der Waals surface area contributed by atoms with Crippen molar-refractivity contribution in [3.05, 3.63) is 54.0 Å². The van der Waals surface area contributed by atoms with Crippen molar-refractivity contribution in [1.29, 1.82) is 5.26 Å². The molecule has 1 aliphatic rings. The molecule has 1 fully saturated rings. The standard InChI is InChI=1S/C20H19N7S/c21-9-14-3-4-17(20-23-11-15(10-22)12-24-20)18(7-14)28-16-8-19(26-25-13-16)27-5-1-2-6-27/h3-4,7-8,11-13H,1-2,5-6,10,22H2. The van der Waals surface area contributed by atoms with E-state index in [1.165, 1.54) is 24.6 Å². The van der Waals surface area contributed by atoms with Crippen LogP contribution in [-0.4, -0.2) is 33.3 Å². The summed E-state index contributed by atoms with van der Waals surface area (Å²) in [6.07, 6.45) is 7.57. The van der Waals surface area contributed by atoms with E-state index in [1.807, 2.05) is 18.2 Å². The fourth-order valence-electron chi connectivity index (χ4n) is 3.08. The Hall–Kier alpha value is -3.02. The number of rotatable bonds is 5. The van der Waals surface area contributed by atoms with Crippen LogP contribution in [0, 0.1) is 11.3 Å². The molecule has 2 aromatic heterocycles. The first-order chi connectivity index (χ1) is 13.8. The molecular weight excluding hydrogens is 370 g/mol. The number of benzene rings is 1. The number of hydrogen-bond acceptors (Lipinski definition) is 8. The molecule has 28 heavy (non-hydrogen) atoms. The lowest BCUT2D eigenvalue weighted by molar-refractivity contribution is 0.880. The van der Waals surface area contributed by atoms with Gasteiger partial charge in [-0.3, -0.25) is 0 Å². The molecule has 3 aromatic rings. The second-order valence-electron chi connectivity index (χ2n) is 6.49. The molecule has 4 rings (SSSR count). The third-order valence-electron chi connectivity index (χ3n) is 4.57. The van der Waals surface area contributed by atoms with Gasteiger partial charge in [-0.2, -0.15) is 10.4 Å². The average Bonchev–Trinajstić information content (AvgIpc) is 3.29. The first kappa shape index (κ1) is 18.3. The number of hydrogen-bond donors (Lipinski definition) is 1. The summed E-state index contributed by atoms with van der Waals surface area (Å²) in [6, 6.07) is 9.76. The number of nitriles is 1. The van der Waals surface area contributed by atoms with Gasteiger partial charge in [-0.1, -0.05) is 11.8 Å². The lowest BCUT2D eigenvalue weighted by atomic mass is 10.1. The molecule has 0 radical (unpaired) electrons. The maximum atomic E-state index is 9.31. The summed E-state index contributed by atoms with van der Waals surface area (Å²) >= 11 is 1.54. The van der Waals surface area contributed by atoms with Gasteiger partial charge in [0.05, 0.1) is 17.8 Å². The molecule has 1 aromatic carbocycles. The van der Waals surface area contributed by atoms with Crippen LogP contribution < -0.4 is 10.6 Å². The van der Waals surface area contributed by atoms with Gasteiger partial charge in [0.25, 0.3) is 0 Å². The highest BCUT2D eigenvalue weighted by Gasteiger charge is 2.16. The van der Waals surface area contributed by atoms with Crippen LogP contribution in [0.3, 0.4) is 0 Å². The first-order valence-corrected chi connectivity index (χ1v) is 9.89. The van der Waals surface area contributed by atoms with Gasteiger partial charge >= 0.3 is 0 Å². The zero-order valence-corrected chi connectivity index (χ0v) is 16.1. The van der Waals surface area contributed by atoms with Crippen molar-refractivity contribution < 1.29 is 0 Å². The van der Waals surface area contributed by atoms with E-state index in [4.69, 9.17) is 5.73 Å². The minimum absolute atomic E-state index is 0.400. The number of nitrogens with zero attached hydrogens (tertiary/aromatic N) is 6. The minimum Gasteiger partial charge on any atom is -0.355 e. The van der Waals surface area contributed by atoms with E-state index in [9.17, 15) is 5.26 Å². The summed E-state index contributed by atoms with van der Waals surface area (Å²) in [5, 5.41) is 17.8. The third-order valence-corrected chi connectivity index (χ3v) is 5.58. The molecule has 3 heterocycles. The summed E-state index contributed by atoms with van der Waals surface area (Å²) in [6.45, 7) is 2.43. The summed E-state index contributed by atoms with van der Waals surface area (Å²) in [5.74, 6) is 1.50. The third kappa shape index (κ3) is 3.96. The zero-order valence-electron chi connectivity index (χ0n) is 15.2. The van der Waals surface area contributed by atoms with Crippen molar-refractivity contribution in [2.75, 3.05) is 18.0 Å². The molecule has 1 saturated heterocycles. The largest absolute Gasteiger partial charge is 0.355 e. The Bertz CT molecular complexity index is 1010. The highest BCUT2D eigenvalue weighted by atomic mass is 32.2. The second-order valence-corrected chi connectivity index (χ2v) is 7.60. The van der Waals surface area contributed by atoms with Gasteiger partial charge in [-0.15, -0.1) is 5.10 Å². The van der Waals surface area contributed by atoms with Crippen LogP contribution in [0.25, 0.3) is 11.4 Å². The summed E-state index contributed by atoms with van der Waals surface area (Å²) < 4.78 is 0. The van der Waals surface area contributed by atoms with E-state index in [0.29, 0.717) is 17.9 Å². The Morgan fingerprint density at radius 1 is 1.11 bits per heavy atom. The maximum absolute atomic E-state index is 9.31. The van der Waals surface area contributed by atoms with Crippen molar-refractivity contribution in [3.63, 3.8) is 0 Å². The van der Waals surface area contributed by atoms with Gasteiger partial charge in [-0.25, -0.2) is 9.97 Å². The van der Waals surface area contributed by atoms with Gasteiger partial charge in [0.1, 0.15) is 0 Å². The van der Waals surface area contributed by atoms with Gasteiger partial charge in [0.2, 0.25) is 0 Å². The average molecular weight is 389 g/mol. The second kappa shape index (κ2) is 8.33. The molecule has 0 aliphatic carbocycles. The fraction of sp³-hybridized carbons (Fsp3) is 0.250. The Morgan fingerprint density at radius 2 is 1.89 bits per heavy atom. The van der Waals surface area contributed by atoms with Crippen LogP contribution in [0.5, 0.6) is 0 Å². The first-order valence-electron chi connectivity index (χ1n) is 9.08. The maximum Gasteiger partial charge on any atom is 0.160 e. The number of anilines is 1. The van der Waals surface area contributed by atoms with Crippen LogP contribution in [-0.2, 0) is 6.54 Å². The van der Waals surface area contributed by atoms with E-state index in [-0.39, 0.29) is 0 Å². The van der Waals surface area contributed by atoms with E-state index in [0.717, 1.165) is 39.8 Å². The van der Waals surface area contributed by atoms with Gasteiger partial charge in [0, 0.05) is 52.9 Å². The predicted molar refractivity (Wildman–Crippen MR) is 108 cm³/mol. The molecular formula is C20H19N7S. The Morgan fingerprint density at radius 3 is 2.61 bits per heavy atom. The van der Waals surface area contributed by atoms with E-state index in [2.05, 4.69) is 31.1 Å². The monoisotopic (exact) mass is 389 g/mol. The van der Waals surface area contributed by atoms with Gasteiger partial charge < -0.3 is 10.6 Å². The lowest BCUT2D eigenvalue weighted by Crippen LogP contribution is -2.19. The van der Waals surface area contributed by atoms with E-state index >= 15 is 0 Å². The molecule has 0 saturated carbocycles. The molecule has 0 bridgehead atoms. The highest BCUT2D eigenvalue weighted by molar-refractivity contribution is 7.99. The van der Waals surface area contributed by atoms with Crippen LogP contribution in [0.4, 0.5) is 5.82 Å². The lowest BCUT2D eigenvalue weighted by Gasteiger charge is -2.16. The Labute approximate surface area is 167 Å². The summed E-state index contributed by atoms with van der Waals surface area (Å²) in [7, 11) is 0. The molecule has 0 amide bonds. The van der Waals surface area contributed by atoms with Crippen molar-refractivity contribution in [3.8, 4) is 17.5 Å². The number of aromatic nitrogens is 4. The van der Waals surface area contributed by atoms with Crippen LogP contribution in [0.2, 0.25) is 0 Å². The molecule has 1 aliphatic heterocycles. The van der Waals surface area contributed by atoms with Crippen LogP contribution >= 0.6 is 11.8 Å². The minimum atomic E-state index is 0.400. The van der Waals surface area contributed by atoms with E-state index < -0.39 is 0 Å². The quantitative estimate of drug-likeness (QED) is 0.710. The van der Waals surface area contributed by atoms with Crippen LogP contribution in [0.15, 0.2) is 52.6 Å². The predicted octanol–water partition coefficient (Wildman–Crippen LogP) is 3.02. The molecule has 0 unspecified atom stereocenters. The van der Waals surface area contributed by atoms with Crippen molar-refractivity contribution in [2.24, 2.45) is 5.73 Å². The van der Waals surface area contributed by atoms with Crippen molar-refractivity contribution >= 4 is 17.6 Å². The Balaban J connectivity index is 1.68. The molecule has 2 N–H and O–H groups in total. The SMILES string of the molecule is N#Cc1ccc(-c2ncc(CN)cn2)c(Sc2cnnc(N3CCCC3)c2)c1. The van der Waals surface area contributed by atoms with E-state index in [1.54, 1.807) is 24.7 Å². The molecule has 140 valence electrons. The van der Waals surface area contributed by atoms with Crippen molar-refractivity contribution in [1.82, 2.24) is 20.2 Å². The normalized spacial score (nSPS) is 13.5. The zero-order chi connectivity index (χ0) is 19.3. The topological polar surface area (TPSA) is 105 Å². The van der Waals surface area contributed by atoms with Crippen molar-refractivity contribution in [2.45, 2.75) is 29.2 Å². The molecule has 8 heteroatoms. The summed E-state index contributed by atoms with van der Waals surface area (Å²) in [4.78, 5) is 13.0. The smallest absolute Gasteiger partial charge is 0.160 e. The van der Waals surface area contributed by atoms with Gasteiger partial charge in [0.15, 0.2) is 11.6 Å². The molecule has 7 nitrogen and oxygen atoms in total. The summed E-state index contributed by atoms with van der Waals surface area (Å²) in [5.41, 5.74) is 7.97. The molecule has 0 spiro atoms. The number of nitrogens with two attached hydrogens (primary N) is 1. The fourth-order valence-corrected chi connectivity index (χ4v) is 4.06. The molecule has 0 atom stereocenters. The van der Waals surface area contributed by atoms with Gasteiger partial charge in [-0.05, 0) is 37.1 Å². The highest BCUT2D eigenvalue weighted by Crippen LogP contribution is 2.36.